The zero-order valence-corrected chi connectivity index (χ0v) is 16.8. The number of aryl methyl sites for hydroxylation is 2. The van der Waals surface area contributed by atoms with Crippen LogP contribution >= 0.6 is 23.6 Å². The van der Waals surface area contributed by atoms with Gasteiger partial charge in [0.2, 0.25) is 0 Å². The number of thiophene rings is 1. The summed E-state index contributed by atoms with van der Waals surface area (Å²) in [5, 5.41) is 11.8. The summed E-state index contributed by atoms with van der Waals surface area (Å²) in [6.45, 7) is 2.77. The fraction of sp³-hybridized carbons (Fsp3) is 0.500. The molecular formula is C18H24N4O2S2. The van der Waals surface area contributed by atoms with Crippen LogP contribution in [0.15, 0.2) is 12.3 Å². The maximum atomic E-state index is 12.6. The Bertz CT molecular complexity index is 797. The van der Waals surface area contributed by atoms with Crippen molar-refractivity contribution in [3.63, 3.8) is 0 Å². The highest BCUT2D eigenvalue weighted by Crippen LogP contribution is 2.38. The topological polar surface area (TPSA) is 68.2 Å². The van der Waals surface area contributed by atoms with E-state index in [1.165, 1.54) is 17.7 Å². The largest absolute Gasteiger partial charge is 0.462 e. The van der Waals surface area contributed by atoms with E-state index in [9.17, 15) is 4.79 Å². The lowest BCUT2D eigenvalue weighted by Gasteiger charge is -2.11. The van der Waals surface area contributed by atoms with Crippen molar-refractivity contribution in [2.45, 2.75) is 45.6 Å². The summed E-state index contributed by atoms with van der Waals surface area (Å²) in [7, 11) is 1.89. The zero-order chi connectivity index (χ0) is 18.5. The highest BCUT2D eigenvalue weighted by atomic mass is 32.1. The molecule has 0 saturated heterocycles. The van der Waals surface area contributed by atoms with E-state index in [1.807, 2.05) is 20.0 Å². The molecule has 2 N–H and O–H groups in total. The first kappa shape index (κ1) is 18.8. The molecule has 0 atom stereocenters. The monoisotopic (exact) mass is 392 g/mol. The van der Waals surface area contributed by atoms with Crippen LogP contribution in [0.4, 0.5) is 5.00 Å². The van der Waals surface area contributed by atoms with Crippen molar-refractivity contribution in [3.05, 3.63) is 34.0 Å². The second kappa shape index (κ2) is 8.64. The summed E-state index contributed by atoms with van der Waals surface area (Å²) >= 11 is 7.06. The maximum Gasteiger partial charge on any atom is 0.341 e. The Morgan fingerprint density at radius 1 is 1.38 bits per heavy atom. The third kappa shape index (κ3) is 4.24. The lowest BCUT2D eigenvalue weighted by Crippen LogP contribution is -2.29. The first-order valence-corrected chi connectivity index (χ1v) is 10.2. The molecule has 0 amide bonds. The van der Waals surface area contributed by atoms with Gasteiger partial charge in [-0.3, -0.25) is 4.68 Å². The molecule has 1 aliphatic carbocycles. The number of esters is 1. The van der Waals surface area contributed by atoms with Gasteiger partial charge in [0.25, 0.3) is 0 Å². The molecule has 0 unspecified atom stereocenters. The Hall–Kier alpha value is -1.93. The summed E-state index contributed by atoms with van der Waals surface area (Å²) < 4.78 is 7.10. The van der Waals surface area contributed by atoms with Gasteiger partial charge in [0.05, 0.1) is 24.4 Å². The third-order valence-electron chi connectivity index (χ3n) is 4.48. The Balaban J connectivity index is 1.76. The van der Waals surface area contributed by atoms with Crippen LogP contribution in [0.1, 0.15) is 52.7 Å². The minimum Gasteiger partial charge on any atom is -0.462 e. The van der Waals surface area contributed by atoms with Gasteiger partial charge in [-0.05, 0) is 56.5 Å². The molecule has 1 aliphatic rings. The number of rotatable bonds is 5. The number of nitrogens with zero attached hydrogens (tertiary/aromatic N) is 2. The van der Waals surface area contributed by atoms with E-state index >= 15 is 0 Å². The van der Waals surface area contributed by atoms with Crippen molar-refractivity contribution < 1.29 is 9.53 Å². The molecule has 3 rings (SSSR count). The molecule has 0 spiro atoms. The van der Waals surface area contributed by atoms with Crippen molar-refractivity contribution in [3.8, 4) is 0 Å². The summed E-state index contributed by atoms with van der Waals surface area (Å²) in [5.41, 5.74) is 2.84. The number of aromatic nitrogens is 2. The van der Waals surface area contributed by atoms with Gasteiger partial charge < -0.3 is 15.4 Å². The second-order valence-electron chi connectivity index (χ2n) is 6.24. The summed E-state index contributed by atoms with van der Waals surface area (Å²) in [6.07, 6.45) is 7.18. The molecule has 0 saturated carbocycles. The minimum atomic E-state index is -0.260. The van der Waals surface area contributed by atoms with Crippen LogP contribution in [-0.4, -0.2) is 27.5 Å². The third-order valence-corrected chi connectivity index (χ3v) is 5.93. The smallest absolute Gasteiger partial charge is 0.341 e. The van der Waals surface area contributed by atoms with Crippen LogP contribution in [0.2, 0.25) is 0 Å². The number of carbonyl (C=O) groups excluding carboxylic acids is 1. The molecule has 8 heteroatoms. The van der Waals surface area contributed by atoms with E-state index in [2.05, 4.69) is 15.7 Å². The highest BCUT2D eigenvalue weighted by Gasteiger charge is 2.26. The molecule has 0 aromatic carbocycles. The van der Waals surface area contributed by atoms with Gasteiger partial charge in [-0.2, -0.15) is 5.10 Å². The number of hydrogen-bond donors (Lipinski definition) is 2. The molecule has 0 radical (unpaired) electrons. The molecule has 2 aromatic rings. The summed E-state index contributed by atoms with van der Waals surface area (Å²) in [5.74, 6) is -0.260. The van der Waals surface area contributed by atoms with Gasteiger partial charge in [-0.25, -0.2) is 4.79 Å². The Kier molecular flexibility index (Phi) is 6.26. The van der Waals surface area contributed by atoms with E-state index in [1.54, 1.807) is 22.2 Å². The van der Waals surface area contributed by atoms with E-state index in [4.69, 9.17) is 17.0 Å². The predicted octanol–water partition coefficient (Wildman–Crippen LogP) is 3.41. The summed E-state index contributed by atoms with van der Waals surface area (Å²) in [4.78, 5) is 13.8. The van der Waals surface area contributed by atoms with Crippen LogP contribution in [-0.2, 0) is 31.2 Å². The first-order valence-electron chi connectivity index (χ1n) is 8.93. The van der Waals surface area contributed by atoms with E-state index in [-0.39, 0.29) is 5.97 Å². The van der Waals surface area contributed by atoms with Gasteiger partial charge in [0.15, 0.2) is 5.11 Å². The standard InChI is InChI=1S/C18H24N4O2S2/c1-3-24-17(23)15-13-7-5-4-6-8-14(13)26-16(15)21-18(25)19-11-12-9-10-20-22(12)2/h9-10H,3-8,11H2,1-2H3,(H2,19,21,25). The second-order valence-corrected chi connectivity index (χ2v) is 7.76. The number of nitrogens with one attached hydrogen (secondary N) is 2. The fourth-order valence-electron chi connectivity index (χ4n) is 3.14. The van der Waals surface area contributed by atoms with Crippen molar-refractivity contribution in [2.24, 2.45) is 7.05 Å². The van der Waals surface area contributed by atoms with Crippen molar-refractivity contribution in [2.75, 3.05) is 11.9 Å². The highest BCUT2D eigenvalue weighted by molar-refractivity contribution is 7.80. The van der Waals surface area contributed by atoms with Crippen molar-refractivity contribution in [1.29, 1.82) is 0 Å². The average molecular weight is 393 g/mol. The molecule has 0 aliphatic heterocycles. The number of carbonyl (C=O) groups is 1. The number of hydrogen-bond acceptors (Lipinski definition) is 5. The number of fused-ring (bicyclic) bond motifs is 1. The normalized spacial score (nSPS) is 13.6. The van der Waals surface area contributed by atoms with E-state index < -0.39 is 0 Å². The number of anilines is 1. The van der Waals surface area contributed by atoms with Crippen LogP contribution in [0, 0.1) is 0 Å². The van der Waals surface area contributed by atoms with Gasteiger partial charge in [-0.15, -0.1) is 11.3 Å². The minimum absolute atomic E-state index is 0.260. The van der Waals surface area contributed by atoms with Crippen molar-refractivity contribution in [1.82, 2.24) is 15.1 Å². The fourth-order valence-corrected chi connectivity index (χ4v) is 4.66. The predicted molar refractivity (Wildman–Crippen MR) is 108 cm³/mol. The van der Waals surface area contributed by atoms with Gasteiger partial charge >= 0.3 is 5.97 Å². The van der Waals surface area contributed by atoms with Crippen LogP contribution in [0.25, 0.3) is 0 Å². The molecule has 0 bridgehead atoms. The van der Waals surface area contributed by atoms with Crippen LogP contribution in [0.5, 0.6) is 0 Å². The Morgan fingerprint density at radius 2 is 2.19 bits per heavy atom. The first-order chi connectivity index (χ1) is 12.6. The molecule has 26 heavy (non-hydrogen) atoms. The lowest BCUT2D eigenvalue weighted by atomic mass is 10.1. The molecule has 140 valence electrons. The Morgan fingerprint density at radius 3 is 2.92 bits per heavy atom. The van der Waals surface area contributed by atoms with E-state index in [0.717, 1.165) is 35.5 Å². The van der Waals surface area contributed by atoms with Crippen LogP contribution < -0.4 is 10.6 Å². The molecule has 0 fully saturated rings. The quantitative estimate of drug-likeness (QED) is 0.462. The van der Waals surface area contributed by atoms with Gasteiger partial charge in [0.1, 0.15) is 5.00 Å². The number of ether oxygens (including phenoxy) is 1. The summed E-state index contributed by atoms with van der Waals surface area (Å²) in [6, 6.07) is 1.94. The zero-order valence-electron chi connectivity index (χ0n) is 15.1. The molecular weight excluding hydrogens is 368 g/mol. The molecule has 6 nitrogen and oxygen atoms in total. The van der Waals surface area contributed by atoms with Gasteiger partial charge in [-0.1, -0.05) is 6.42 Å². The van der Waals surface area contributed by atoms with Crippen molar-refractivity contribution >= 4 is 39.6 Å². The Labute approximate surface area is 162 Å². The SMILES string of the molecule is CCOC(=O)c1c(NC(=S)NCc2ccnn2C)sc2c1CCCCC2. The maximum absolute atomic E-state index is 12.6. The van der Waals surface area contributed by atoms with Crippen LogP contribution in [0.3, 0.4) is 0 Å². The van der Waals surface area contributed by atoms with Gasteiger partial charge in [0, 0.05) is 18.1 Å². The number of thiocarbonyl (C=S) groups is 1. The lowest BCUT2D eigenvalue weighted by molar-refractivity contribution is 0.0527. The molecule has 2 heterocycles. The average Bonchev–Trinajstić information content (AvgIpc) is 3.08. The molecule has 2 aromatic heterocycles. The van der Waals surface area contributed by atoms with E-state index in [0.29, 0.717) is 23.8 Å².